The Morgan fingerprint density at radius 1 is 0.968 bits per heavy atom. The molecule has 1 aliphatic rings. The first-order chi connectivity index (χ1) is 14.7. The number of carboxylic acids is 1. The first-order valence-corrected chi connectivity index (χ1v) is 9.83. The van der Waals surface area contributed by atoms with Crippen LogP contribution in [0.2, 0.25) is 0 Å². The third-order valence-electron chi connectivity index (χ3n) is 5.33. The van der Waals surface area contributed by atoms with Crippen molar-refractivity contribution in [2.75, 3.05) is 28.4 Å². The van der Waals surface area contributed by atoms with Crippen molar-refractivity contribution in [3.8, 4) is 23.0 Å². The Kier molecular flexibility index (Phi) is 6.29. The number of aliphatic carboxylic acids is 1. The van der Waals surface area contributed by atoms with Gasteiger partial charge in [0.2, 0.25) is 0 Å². The van der Waals surface area contributed by atoms with Gasteiger partial charge in [0.1, 0.15) is 5.92 Å². The Hall–Kier alpha value is -3.42. The molecule has 0 aliphatic carbocycles. The lowest BCUT2D eigenvalue weighted by molar-refractivity contribution is -0.140. The number of ether oxygens (including phenoxy) is 4. The number of methoxy groups -OCH3 is 3. The van der Waals surface area contributed by atoms with E-state index in [1.807, 2.05) is 13.8 Å². The van der Waals surface area contributed by atoms with Gasteiger partial charge in [0.15, 0.2) is 23.0 Å². The standard InChI is InChI=1S/C23H27NO7/c1-12(2)31-16-8-7-13(9-17(16)28-4)21-20(23(26)27)14-10-18(29-5)19(30-6)11-15(14)22(25)24(21)3/h7-12,20-21H,1-6H3,(H,26,27)/t20-,21+/m0/s1. The van der Waals surface area contributed by atoms with E-state index >= 15 is 0 Å². The lowest BCUT2D eigenvalue weighted by atomic mass is 9.79. The number of fused-ring (bicyclic) bond motifs is 1. The smallest absolute Gasteiger partial charge is 0.313 e. The highest BCUT2D eigenvalue weighted by molar-refractivity contribution is 6.01. The lowest BCUT2D eigenvalue weighted by Gasteiger charge is -2.39. The molecule has 0 aromatic heterocycles. The SMILES string of the molecule is COc1cc2c(cc1OC)[C@H](C(=O)O)[C@@H](c1ccc(OC(C)C)c(OC)c1)N(C)C2=O. The van der Waals surface area contributed by atoms with Crippen LogP contribution in [0.1, 0.15) is 47.3 Å². The number of hydrogen-bond donors (Lipinski definition) is 1. The summed E-state index contributed by atoms with van der Waals surface area (Å²) in [5, 5.41) is 10.1. The average Bonchev–Trinajstić information content (AvgIpc) is 2.74. The summed E-state index contributed by atoms with van der Waals surface area (Å²) in [6.07, 6.45) is -0.0558. The summed E-state index contributed by atoms with van der Waals surface area (Å²) < 4.78 is 21.9. The number of hydrogen-bond acceptors (Lipinski definition) is 6. The number of carbonyl (C=O) groups excluding carboxylic acids is 1. The number of nitrogens with zero attached hydrogens (tertiary/aromatic N) is 1. The molecule has 0 saturated heterocycles. The van der Waals surface area contributed by atoms with E-state index in [4.69, 9.17) is 18.9 Å². The summed E-state index contributed by atoms with van der Waals surface area (Å²) >= 11 is 0. The fraction of sp³-hybridized carbons (Fsp3) is 0.391. The molecule has 1 heterocycles. The summed E-state index contributed by atoms with van der Waals surface area (Å²) in [5.41, 5.74) is 1.27. The maximum absolute atomic E-state index is 13.2. The fourth-order valence-corrected chi connectivity index (χ4v) is 3.95. The molecule has 8 heteroatoms. The van der Waals surface area contributed by atoms with Crippen molar-refractivity contribution in [2.24, 2.45) is 0 Å². The largest absolute Gasteiger partial charge is 0.493 e. The molecular formula is C23H27NO7. The molecule has 0 unspecified atom stereocenters. The van der Waals surface area contributed by atoms with Gasteiger partial charge in [-0.3, -0.25) is 9.59 Å². The van der Waals surface area contributed by atoms with Crippen LogP contribution in [-0.2, 0) is 4.79 Å². The monoisotopic (exact) mass is 429 g/mol. The zero-order chi connectivity index (χ0) is 22.9. The Labute approximate surface area is 181 Å². The quantitative estimate of drug-likeness (QED) is 0.720. The zero-order valence-electron chi connectivity index (χ0n) is 18.5. The van der Waals surface area contributed by atoms with Gasteiger partial charge >= 0.3 is 5.97 Å². The number of benzene rings is 2. The van der Waals surface area contributed by atoms with Crippen LogP contribution >= 0.6 is 0 Å². The van der Waals surface area contributed by atoms with Crippen molar-refractivity contribution >= 4 is 11.9 Å². The molecule has 2 aromatic rings. The van der Waals surface area contributed by atoms with Crippen LogP contribution < -0.4 is 18.9 Å². The van der Waals surface area contributed by atoms with Crippen molar-refractivity contribution < 1.29 is 33.6 Å². The lowest BCUT2D eigenvalue weighted by Crippen LogP contribution is -2.42. The Morgan fingerprint density at radius 2 is 1.55 bits per heavy atom. The highest BCUT2D eigenvalue weighted by Crippen LogP contribution is 2.46. The van der Waals surface area contributed by atoms with Crippen molar-refractivity contribution in [2.45, 2.75) is 31.9 Å². The van der Waals surface area contributed by atoms with E-state index in [-0.39, 0.29) is 17.6 Å². The van der Waals surface area contributed by atoms with Gasteiger partial charge in [-0.1, -0.05) is 6.07 Å². The van der Waals surface area contributed by atoms with E-state index in [1.165, 1.54) is 32.3 Å². The average molecular weight is 429 g/mol. The highest BCUT2D eigenvalue weighted by atomic mass is 16.5. The van der Waals surface area contributed by atoms with E-state index in [0.29, 0.717) is 34.1 Å². The van der Waals surface area contributed by atoms with Gasteiger partial charge in [-0.15, -0.1) is 0 Å². The summed E-state index contributed by atoms with van der Waals surface area (Å²) in [6.45, 7) is 3.81. The molecule has 2 atom stereocenters. The molecule has 0 saturated carbocycles. The van der Waals surface area contributed by atoms with Crippen LogP contribution in [0.3, 0.4) is 0 Å². The second-order valence-corrected chi connectivity index (χ2v) is 7.55. The third kappa shape index (κ3) is 3.97. The third-order valence-corrected chi connectivity index (χ3v) is 5.33. The maximum Gasteiger partial charge on any atom is 0.313 e. The number of carboxylic acid groups (broad SMARTS) is 1. The fourth-order valence-electron chi connectivity index (χ4n) is 3.95. The number of rotatable bonds is 7. The van der Waals surface area contributed by atoms with Gasteiger partial charge in [0, 0.05) is 12.6 Å². The minimum Gasteiger partial charge on any atom is -0.493 e. The topological polar surface area (TPSA) is 94.5 Å². The van der Waals surface area contributed by atoms with Crippen LogP contribution in [0.15, 0.2) is 30.3 Å². The number of amides is 1. The molecule has 3 rings (SSSR count). The van der Waals surface area contributed by atoms with Gasteiger partial charge in [0.05, 0.1) is 33.5 Å². The summed E-state index contributed by atoms with van der Waals surface area (Å²) in [7, 11) is 6.04. The van der Waals surface area contributed by atoms with E-state index in [9.17, 15) is 14.7 Å². The van der Waals surface area contributed by atoms with Gasteiger partial charge in [0.25, 0.3) is 5.91 Å². The van der Waals surface area contributed by atoms with Crippen molar-refractivity contribution in [3.05, 3.63) is 47.0 Å². The second-order valence-electron chi connectivity index (χ2n) is 7.55. The molecule has 8 nitrogen and oxygen atoms in total. The molecule has 2 aromatic carbocycles. The maximum atomic E-state index is 13.2. The van der Waals surface area contributed by atoms with Gasteiger partial charge in [-0.25, -0.2) is 0 Å². The Bertz CT molecular complexity index is 1000. The van der Waals surface area contributed by atoms with Crippen LogP contribution in [-0.4, -0.2) is 56.4 Å². The predicted octanol–water partition coefficient (Wildman–Crippen LogP) is 3.49. The number of likely N-dealkylation sites (N-methyl/N-ethyl adjacent to an activating group) is 1. The van der Waals surface area contributed by atoms with Crippen molar-refractivity contribution in [1.82, 2.24) is 4.90 Å². The predicted molar refractivity (Wildman–Crippen MR) is 114 cm³/mol. The van der Waals surface area contributed by atoms with Crippen LogP contribution in [0.25, 0.3) is 0 Å². The zero-order valence-corrected chi connectivity index (χ0v) is 18.5. The molecule has 0 fully saturated rings. The minimum absolute atomic E-state index is 0.0558. The van der Waals surface area contributed by atoms with E-state index in [0.717, 1.165) is 0 Å². The molecule has 166 valence electrons. The molecule has 0 bridgehead atoms. The van der Waals surface area contributed by atoms with E-state index in [2.05, 4.69) is 0 Å². The van der Waals surface area contributed by atoms with E-state index in [1.54, 1.807) is 31.3 Å². The normalized spacial score (nSPS) is 17.9. The summed E-state index contributed by atoms with van der Waals surface area (Å²) in [4.78, 5) is 27.0. The molecule has 1 aliphatic heterocycles. The van der Waals surface area contributed by atoms with Gasteiger partial charge < -0.3 is 29.0 Å². The minimum atomic E-state index is -1.06. The van der Waals surface area contributed by atoms with Gasteiger partial charge in [-0.2, -0.15) is 0 Å². The summed E-state index contributed by atoms with van der Waals surface area (Å²) in [6, 6.07) is 7.55. The van der Waals surface area contributed by atoms with Gasteiger partial charge in [-0.05, 0) is 49.2 Å². The summed E-state index contributed by atoms with van der Waals surface area (Å²) in [5.74, 6) is -0.637. The Morgan fingerprint density at radius 3 is 2.10 bits per heavy atom. The Balaban J connectivity index is 2.17. The van der Waals surface area contributed by atoms with Crippen LogP contribution in [0.5, 0.6) is 23.0 Å². The first-order valence-electron chi connectivity index (χ1n) is 9.83. The van der Waals surface area contributed by atoms with Crippen LogP contribution in [0, 0.1) is 0 Å². The number of carbonyl (C=O) groups is 2. The van der Waals surface area contributed by atoms with Crippen molar-refractivity contribution in [3.63, 3.8) is 0 Å². The van der Waals surface area contributed by atoms with Crippen LogP contribution in [0.4, 0.5) is 0 Å². The van der Waals surface area contributed by atoms with E-state index < -0.39 is 17.9 Å². The molecule has 31 heavy (non-hydrogen) atoms. The molecule has 1 N–H and O–H groups in total. The van der Waals surface area contributed by atoms with Crippen molar-refractivity contribution in [1.29, 1.82) is 0 Å². The molecule has 1 amide bonds. The molecule has 0 spiro atoms. The molecular weight excluding hydrogens is 402 g/mol. The highest BCUT2D eigenvalue weighted by Gasteiger charge is 2.44. The second kappa shape index (κ2) is 8.75. The molecule has 0 radical (unpaired) electrons. The first kappa shape index (κ1) is 22.3.